The van der Waals surface area contributed by atoms with Crippen LogP contribution < -0.4 is 4.90 Å². The second kappa shape index (κ2) is 4.77. The van der Waals surface area contributed by atoms with Crippen molar-refractivity contribution in [3.8, 4) is 0 Å². The van der Waals surface area contributed by atoms with Crippen LogP contribution in [0.4, 0.5) is 6.01 Å². The van der Waals surface area contributed by atoms with Gasteiger partial charge in [-0.1, -0.05) is 0 Å². The molecule has 1 N–H and O–H groups in total. The maximum atomic E-state index is 10.9. The number of carbonyl (C=O) groups is 1. The average Bonchev–Trinajstić information content (AvgIpc) is 3.06. The Bertz CT molecular complexity index is 619. The van der Waals surface area contributed by atoms with Gasteiger partial charge in [0, 0.05) is 18.8 Å². The van der Waals surface area contributed by atoms with Gasteiger partial charge in [-0.05, 0) is 30.4 Å². The quantitative estimate of drug-likeness (QED) is 0.930. The largest absolute Gasteiger partial charge is 0.478 e. The number of aromatic carboxylic acids is 1. The predicted molar refractivity (Wildman–Crippen MR) is 75.1 cm³/mol. The van der Waals surface area contributed by atoms with Crippen molar-refractivity contribution in [2.45, 2.75) is 12.5 Å². The molecule has 0 saturated carbocycles. The second-order valence-corrected chi connectivity index (χ2v) is 5.76. The number of rotatable bonds is 3. The van der Waals surface area contributed by atoms with Crippen molar-refractivity contribution in [2.24, 2.45) is 0 Å². The van der Waals surface area contributed by atoms with Crippen LogP contribution in [0.3, 0.4) is 0 Å². The molecular formula is C13H14N2O3S. The van der Waals surface area contributed by atoms with Crippen LogP contribution >= 0.6 is 11.8 Å². The van der Waals surface area contributed by atoms with Gasteiger partial charge >= 0.3 is 5.97 Å². The lowest BCUT2D eigenvalue weighted by atomic mass is 10.2. The maximum absolute atomic E-state index is 10.9. The van der Waals surface area contributed by atoms with Crippen LogP contribution in [0.25, 0.3) is 11.1 Å². The predicted octanol–water partition coefficient (Wildman–Crippen LogP) is 2.47. The van der Waals surface area contributed by atoms with Crippen molar-refractivity contribution in [3.63, 3.8) is 0 Å². The fourth-order valence-corrected chi connectivity index (χ4v) is 3.45. The minimum Gasteiger partial charge on any atom is -0.478 e. The normalized spacial score (nSPS) is 18.9. The number of aromatic nitrogens is 1. The highest BCUT2D eigenvalue weighted by Crippen LogP contribution is 2.28. The molecule has 2 aromatic rings. The van der Waals surface area contributed by atoms with E-state index in [1.807, 2.05) is 23.7 Å². The first kappa shape index (κ1) is 12.3. The summed E-state index contributed by atoms with van der Waals surface area (Å²) in [5.41, 5.74) is 1.43. The van der Waals surface area contributed by atoms with E-state index in [9.17, 15) is 4.79 Å². The summed E-state index contributed by atoms with van der Waals surface area (Å²) in [4.78, 5) is 17.4. The number of fused-ring (bicyclic) bond motifs is 1. The molecule has 100 valence electrons. The van der Waals surface area contributed by atoms with E-state index >= 15 is 0 Å². The Hall–Kier alpha value is -1.69. The Labute approximate surface area is 114 Å². The van der Waals surface area contributed by atoms with Crippen molar-refractivity contribution in [1.29, 1.82) is 0 Å². The van der Waals surface area contributed by atoms with E-state index < -0.39 is 5.97 Å². The summed E-state index contributed by atoms with van der Waals surface area (Å²) in [6, 6.07) is 5.75. The molecule has 0 amide bonds. The Morgan fingerprint density at radius 2 is 2.42 bits per heavy atom. The SMILES string of the molecule is CN(c1nc2ccc(C(=O)O)cc2o1)C1CCSC1. The average molecular weight is 278 g/mol. The van der Waals surface area contributed by atoms with E-state index in [1.165, 1.54) is 11.8 Å². The lowest BCUT2D eigenvalue weighted by Gasteiger charge is -2.21. The summed E-state index contributed by atoms with van der Waals surface area (Å²) in [6.07, 6.45) is 1.13. The molecule has 1 saturated heterocycles. The first-order valence-corrected chi connectivity index (χ1v) is 7.25. The van der Waals surface area contributed by atoms with Gasteiger partial charge in [-0.15, -0.1) is 0 Å². The Balaban J connectivity index is 1.94. The molecular weight excluding hydrogens is 264 g/mol. The number of thioether (sulfide) groups is 1. The molecule has 1 aromatic heterocycles. The summed E-state index contributed by atoms with van der Waals surface area (Å²) in [5, 5.41) is 8.96. The minimum atomic E-state index is -0.958. The molecule has 1 unspecified atom stereocenters. The van der Waals surface area contributed by atoms with Gasteiger partial charge in [0.2, 0.25) is 0 Å². The zero-order chi connectivity index (χ0) is 13.4. The monoisotopic (exact) mass is 278 g/mol. The standard InChI is InChI=1S/C13H14N2O3S/c1-15(9-4-5-19-7-9)13-14-10-3-2-8(12(16)17)6-11(10)18-13/h2-3,6,9H,4-5,7H2,1H3,(H,16,17). The van der Waals surface area contributed by atoms with Crippen molar-refractivity contribution in [2.75, 3.05) is 23.5 Å². The molecule has 6 heteroatoms. The smallest absolute Gasteiger partial charge is 0.335 e. The summed E-state index contributed by atoms with van der Waals surface area (Å²) >= 11 is 1.93. The van der Waals surface area contributed by atoms with Crippen LogP contribution in [0, 0.1) is 0 Å². The van der Waals surface area contributed by atoms with E-state index in [4.69, 9.17) is 9.52 Å². The van der Waals surface area contributed by atoms with E-state index in [-0.39, 0.29) is 5.56 Å². The van der Waals surface area contributed by atoms with E-state index in [1.54, 1.807) is 12.1 Å². The molecule has 5 nitrogen and oxygen atoms in total. The molecule has 3 rings (SSSR count). The molecule has 0 bridgehead atoms. The van der Waals surface area contributed by atoms with E-state index in [0.717, 1.165) is 12.2 Å². The molecule has 1 aliphatic rings. The number of anilines is 1. The highest BCUT2D eigenvalue weighted by molar-refractivity contribution is 7.99. The topological polar surface area (TPSA) is 66.6 Å². The van der Waals surface area contributed by atoms with Crippen LogP contribution in [-0.2, 0) is 0 Å². The third-order valence-corrected chi connectivity index (χ3v) is 4.52. The van der Waals surface area contributed by atoms with Crippen molar-refractivity contribution < 1.29 is 14.3 Å². The van der Waals surface area contributed by atoms with E-state index in [0.29, 0.717) is 23.2 Å². The van der Waals surface area contributed by atoms with Gasteiger partial charge in [0.1, 0.15) is 5.52 Å². The molecule has 1 aromatic carbocycles. The van der Waals surface area contributed by atoms with Crippen LogP contribution in [0.5, 0.6) is 0 Å². The number of carboxylic acid groups (broad SMARTS) is 1. The molecule has 1 fully saturated rings. The molecule has 2 heterocycles. The van der Waals surface area contributed by atoms with Gasteiger partial charge in [-0.25, -0.2) is 4.79 Å². The van der Waals surface area contributed by atoms with Gasteiger partial charge in [0.15, 0.2) is 5.58 Å². The van der Waals surface area contributed by atoms with Crippen LogP contribution in [0.15, 0.2) is 22.6 Å². The highest BCUT2D eigenvalue weighted by atomic mass is 32.2. The summed E-state index contributed by atoms with van der Waals surface area (Å²) in [7, 11) is 1.97. The number of oxazole rings is 1. The first-order valence-electron chi connectivity index (χ1n) is 6.09. The van der Waals surface area contributed by atoms with Gasteiger partial charge in [0.25, 0.3) is 6.01 Å². The lowest BCUT2D eigenvalue weighted by Crippen LogP contribution is -2.31. The summed E-state index contributed by atoms with van der Waals surface area (Å²) in [6.45, 7) is 0. The first-order chi connectivity index (χ1) is 9.15. The zero-order valence-electron chi connectivity index (χ0n) is 10.5. The summed E-state index contributed by atoms with van der Waals surface area (Å²) in [5.74, 6) is 1.29. The molecule has 0 spiro atoms. The van der Waals surface area contributed by atoms with Gasteiger partial charge in [-0.3, -0.25) is 0 Å². The number of benzene rings is 1. The van der Waals surface area contributed by atoms with Crippen LogP contribution in [0.2, 0.25) is 0 Å². The zero-order valence-corrected chi connectivity index (χ0v) is 11.3. The Morgan fingerprint density at radius 3 is 3.11 bits per heavy atom. The van der Waals surface area contributed by atoms with E-state index in [2.05, 4.69) is 4.98 Å². The molecule has 1 atom stereocenters. The third kappa shape index (κ3) is 2.28. The van der Waals surface area contributed by atoms with Gasteiger partial charge < -0.3 is 14.4 Å². The molecule has 1 aliphatic heterocycles. The Morgan fingerprint density at radius 1 is 1.58 bits per heavy atom. The fourth-order valence-electron chi connectivity index (χ4n) is 2.18. The van der Waals surface area contributed by atoms with Crippen LogP contribution in [0.1, 0.15) is 16.8 Å². The molecule has 0 aliphatic carbocycles. The highest BCUT2D eigenvalue weighted by Gasteiger charge is 2.23. The fraction of sp³-hybridized carbons (Fsp3) is 0.385. The number of hydrogen-bond donors (Lipinski definition) is 1. The number of carboxylic acids is 1. The Kier molecular flexibility index (Phi) is 3.10. The van der Waals surface area contributed by atoms with Crippen LogP contribution in [-0.4, -0.2) is 40.7 Å². The number of nitrogens with zero attached hydrogens (tertiary/aromatic N) is 2. The summed E-state index contributed by atoms with van der Waals surface area (Å²) < 4.78 is 5.68. The van der Waals surface area contributed by atoms with Gasteiger partial charge in [0.05, 0.1) is 5.56 Å². The van der Waals surface area contributed by atoms with Crippen molar-refractivity contribution in [1.82, 2.24) is 4.98 Å². The van der Waals surface area contributed by atoms with Gasteiger partial charge in [-0.2, -0.15) is 16.7 Å². The minimum absolute atomic E-state index is 0.217. The number of hydrogen-bond acceptors (Lipinski definition) is 5. The van der Waals surface area contributed by atoms with Crippen molar-refractivity contribution >= 4 is 34.8 Å². The second-order valence-electron chi connectivity index (χ2n) is 4.61. The lowest BCUT2D eigenvalue weighted by molar-refractivity contribution is 0.0697. The molecule has 19 heavy (non-hydrogen) atoms. The maximum Gasteiger partial charge on any atom is 0.335 e. The molecule has 0 radical (unpaired) electrons. The van der Waals surface area contributed by atoms with Crippen molar-refractivity contribution in [3.05, 3.63) is 23.8 Å². The third-order valence-electron chi connectivity index (χ3n) is 3.38.